The molecule has 2 aliphatic carbocycles. The summed E-state index contributed by atoms with van der Waals surface area (Å²) in [6.07, 6.45) is 17.3. The van der Waals surface area contributed by atoms with Crippen molar-refractivity contribution in [3.8, 4) is 0 Å². The minimum absolute atomic E-state index is 0.0150. The Morgan fingerprint density at radius 2 is 1.17 bits per heavy atom. The Labute approximate surface area is 180 Å². The van der Waals surface area contributed by atoms with E-state index in [1.807, 2.05) is 0 Å². The van der Waals surface area contributed by atoms with Crippen molar-refractivity contribution in [2.45, 2.75) is 100 Å². The molecule has 0 saturated heterocycles. The van der Waals surface area contributed by atoms with E-state index in [-0.39, 0.29) is 7.92 Å². The number of benzene rings is 2. The van der Waals surface area contributed by atoms with E-state index in [4.69, 9.17) is 0 Å². The maximum Gasteiger partial charge on any atom is 0.0134 e. The lowest BCUT2D eigenvalue weighted by molar-refractivity contribution is 0.465. The summed E-state index contributed by atoms with van der Waals surface area (Å²) in [7, 11) is -0.0150. The van der Waals surface area contributed by atoms with Crippen LogP contribution in [0.15, 0.2) is 60.7 Å². The fraction of sp³-hybridized carbons (Fsp3) is 0.571. The first-order valence-electron chi connectivity index (χ1n) is 12.2. The number of hydrogen-bond donors (Lipinski definition) is 0. The summed E-state index contributed by atoms with van der Waals surface area (Å²) in [5.41, 5.74) is 5.11. The van der Waals surface area contributed by atoms with Crippen molar-refractivity contribution in [2.75, 3.05) is 0 Å². The average molecular weight is 407 g/mol. The van der Waals surface area contributed by atoms with E-state index < -0.39 is 0 Å². The van der Waals surface area contributed by atoms with E-state index in [1.54, 1.807) is 5.56 Å². The highest BCUT2D eigenvalue weighted by Gasteiger charge is 2.44. The molecule has 29 heavy (non-hydrogen) atoms. The van der Waals surface area contributed by atoms with Crippen LogP contribution in [-0.2, 0) is 11.6 Å². The second-order valence-electron chi connectivity index (χ2n) is 9.62. The third-order valence-corrected chi connectivity index (χ3v) is 11.9. The number of rotatable bonds is 7. The van der Waals surface area contributed by atoms with Crippen molar-refractivity contribution in [1.82, 2.24) is 0 Å². The SMILES string of the molecule is CC(CCc1ccccc1)(c1ccccc1)P(C1CCCCC1)C1CCCCC1. The third kappa shape index (κ3) is 5.14. The van der Waals surface area contributed by atoms with Gasteiger partial charge >= 0.3 is 0 Å². The Hall–Kier alpha value is -1.13. The van der Waals surface area contributed by atoms with Crippen LogP contribution >= 0.6 is 7.92 Å². The summed E-state index contributed by atoms with van der Waals surface area (Å²) < 4.78 is 0. The summed E-state index contributed by atoms with van der Waals surface area (Å²) in [5, 5.41) is 0.344. The first-order valence-corrected chi connectivity index (χ1v) is 13.6. The van der Waals surface area contributed by atoms with Crippen LogP contribution in [0.2, 0.25) is 0 Å². The molecule has 0 amide bonds. The van der Waals surface area contributed by atoms with Gasteiger partial charge in [0.15, 0.2) is 0 Å². The molecule has 0 nitrogen and oxygen atoms in total. The Balaban J connectivity index is 1.68. The van der Waals surface area contributed by atoms with E-state index >= 15 is 0 Å². The molecule has 0 bridgehead atoms. The fourth-order valence-electron chi connectivity index (χ4n) is 6.07. The van der Waals surface area contributed by atoms with Gasteiger partial charge in [0, 0.05) is 5.16 Å². The largest absolute Gasteiger partial charge is 0.0897 e. The molecule has 2 fully saturated rings. The van der Waals surface area contributed by atoms with Gasteiger partial charge in [-0.2, -0.15) is 0 Å². The van der Waals surface area contributed by atoms with Crippen molar-refractivity contribution in [1.29, 1.82) is 0 Å². The highest BCUT2D eigenvalue weighted by atomic mass is 31.1. The molecule has 2 aliphatic rings. The smallest absolute Gasteiger partial charge is 0.0134 e. The van der Waals surface area contributed by atoms with Crippen molar-refractivity contribution in [2.24, 2.45) is 0 Å². The lowest BCUT2D eigenvalue weighted by atomic mass is 9.92. The van der Waals surface area contributed by atoms with Crippen LogP contribution in [0.4, 0.5) is 0 Å². The monoisotopic (exact) mass is 406 g/mol. The Morgan fingerprint density at radius 1 is 0.690 bits per heavy atom. The van der Waals surface area contributed by atoms with Gasteiger partial charge in [0.05, 0.1) is 0 Å². The maximum atomic E-state index is 2.67. The maximum absolute atomic E-state index is 2.67. The van der Waals surface area contributed by atoms with Crippen LogP contribution in [0.5, 0.6) is 0 Å². The molecular formula is C28H39P. The van der Waals surface area contributed by atoms with Gasteiger partial charge in [-0.05, 0) is 61.0 Å². The Bertz CT molecular complexity index is 694. The van der Waals surface area contributed by atoms with Crippen LogP contribution in [-0.4, -0.2) is 11.3 Å². The summed E-state index contributed by atoms with van der Waals surface area (Å²) in [4.78, 5) is 0. The van der Waals surface area contributed by atoms with Crippen LogP contribution in [0, 0.1) is 0 Å². The minimum atomic E-state index is -0.0150. The van der Waals surface area contributed by atoms with E-state index in [2.05, 4.69) is 67.6 Å². The zero-order valence-electron chi connectivity index (χ0n) is 18.4. The number of aryl methyl sites for hydroxylation is 1. The van der Waals surface area contributed by atoms with Gasteiger partial charge in [-0.25, -0.2) is 0 Å². The normalized spacial score (nSPS) is 21.2. The second kappa shape index (κ2) is 10.3. The summed E-state index contributed by atoms with van der Waals surface area (Å²) in [6.45, 7) is 2.67. The average Bonchev–Trinajstić information content (AvgIpc) is 2.81. The molecule has 2 aromatic carbocycles. The van der Waals surface area contributed by atoms with Gasteiger partial charge in [0.25, 0.3) is 0 Å². The molecule has 0 heterocycles. The van der Waals surface area contributed by atoms with Gasteiger partial charge in [0.2, 0.25) is 0 Å². The zero-order chi connectivity index (χ0) is 19.9. The molecule has 0 aromatic heterocycles. The van der Waals surface area contributed by atoms with Crippen LogP contribution in [0.1, 0.15) is 88.7 Å². The summed E-state index contributed by atoms with van der Waals surface area (Å²) in [5.74, 6) is 0. The van der Waals surface area contributed by atoms with Gasteiger partial charge in [-0.3, -0.25) is 0 Å². The highest BCUT2D eigenvalue weighted by molar-refractivity contribution is 7.60. The molecule has 1 heteroatoms. The van der Waals surface area contributed by atoms with E-state index in [1.165, 1.54) is 82.6 Å². The fourth-order valence-corrected chi connectivity index (χ4v) is 10.9. The molecule has 0 aliphatic heterocycles. The van der Waals surface area contributed by atoms with Gasteiger partial charge in [-0.1, -0.05) is 114 Å². The number of hydrogen-bond acceptors (Lipinski definition) is 0. The summed E-state index contributed by atoms with van der Waals surface area (Å²) in [6, 6.07) is 22.9. The van der Waals surface area contributed by atoms with Crippen molar-refractivity contribution in [3.05, 3.63) is 71.8 Å². The molecule has 4 rings (SSSR count). The van der Waals surface area contributed by atoms with Crippen LogP contribution in [0.3, 0.4) is 0 Å². The van der Waals surface area contributed by atoms with Gasteiger partial charge < -0.3 is 0 Å². The lowest BCUT2D eigenvalue weighted by Gasteiger charge is -2.50. The molecule has 1 unspecified atom stereocenters. The topological polar surface area (TPSA) is 0 Å². The molecular weight excluding hydrogens is 367 g/mol. The second-order valence-corrected chi connectivity index (χ2v) is 12.9. The molecule has 2 saturated carbocycles. The van der Waals surface area contributed by atoms with Crippen LogP contribution in [0.25, 0.3) is 0 Å². The predicted octanol–water partition coefficient (Wildman–Crippen LogP) is 8.68. The quantitative estimate of drug-likeness (QED) is 0.403. The molecule has 0 N–H and O–H groups in total. The predicted molar refractivity (Wildman–Crippen MR) is 129 cm³/mol. The standard InChI is InChI=1S/C28H39P/c1-28(25-16-8-3-9-17-25,23-22-24-14-6-2-7-15-24)29(26-18-10-4-11-19-26)27-20-12-5-13-21-27/h2-3,6-9,14-17,26-27H,4-5,10-13,18-23H2,1H3. The van der Waals surface area contributed by atoms with E-state index in [0.717, 1.165) is 11.3 Å². The van der Waals surface area contributed by atoms with Crippen LogP contribution < -0.4 is 0 Å². The molecule has 2 aromatic rings. The lowest BCUT2D eigenvalue weighted by Crippen LogP contribution is -2.33. The van der Waals surface area contributed by atoms with Crippen molar-refractivity contribution in [3.63, 3.8) is 0 Å². The highest BCUT2D eigenvalue weighted by Crippen LogP contribution is 2.68. The Kier molecular flexibility index (Phi) is 7.47. The molecule has 0 radical (unpaired) electrons. The third-order valence-electron chi connectivity index (χ3n) is 7.65. The summed E-state index contributed by atoms with van der Waals surface area (Å²) >= 11 is 0. The van der Waals surface area contributed by atoms with Gasteiger partial charge in [-0.15, -0.1) is 0 Å². The molecule has 1 atom stereocenters. The first-order chi connectivity index (χ1) is 14.3. The zero-order valence-corrected chi connectivity index (χ0v) is 19.3. The van der Waals surface area contributed by atoms with Gasteiger partial charge in [0.1, 0.15) is 0 Å². The minimum Gasteiger partial charge on any atom is -0.0897 e. The molecule has 0 spiro atoms. The molecule has 156 valence electrons. The van der Waals surface area contributed by atoms with E-state index in [0.29, 0.717) is 5.16 Å². The Morgan fingerprint density at radius 3 is 1.69 bits per heavy atom. The van der Waals surface area contributed by atoms with Crippen molar-refractivity contribution < 1.29 is 0 Å². The van der Waals surface area contributed by atoms with E-state index in [9.17, 15) is 0 Å². The van der Waals surface area contributed by atoms with Crippen molar-refractivity contribution >= 4 is 7.92 Å². The first kappa shape index (κ1) is 21.1.